The lowest BCUT2D eigenvalue weighted by Gasteiger charge is -2.26. The number of hydrogen-bond acceptors (Lipinski definition) is 14. The van der Waals surface area contributed by atoms with Gasteiger partial charge in [0.05, 0.1) is 39.4 Å². The first-order valence-electron chi connectivity index (χ1n) is 16.1. The third-order valence-electron chi connectivity index (χ3n) is 5.17. The van der Waals surface area contributed by atoms with Gasteiger partial charge in [-0.05, 0) is 95.9 Å². The van der Waals surface area contributed by atoms with Gasteiger partial charge in [-0.15, -0.1) is 0 Å². The zero-order chi connectivity index (χ0) is 37.3. The predicted octanol–water partition coefficient (Wildman–Crippen LogP) is 3.38. The summed E-state index contributed by atoms with van der Waals surface area (Å²) in [5.74, 6) is -3.60. The van der Waals surface area contributed by atoms with Gasteiger partial charge in [0.1, 0.15) is 22.4 Å². The molecule has 48 heavy (non-hydrogen) atoms. The maximum absolute atomic E-state index is 12.3. The highest BCUT2D eigenvalue weighted by Crippen LogP contribution is 2.12. The minimum absolute atomic E-state index is 0.0392. The standard InChI is InChI=1S/C34H58N2O12/c1-31(2,3)45-27(39)21-35(22-28(40)46-32(4,5)6)17-13-19-43-25(37)15-16-26(38)44-20-14-18-36(23-29(41)47-33(7,8)9)24-30(42)48-34(10,11)12/h15-16H,13-14,17-24H2,1-12H3/b16-15+. The van der Waals surface area contributed by atoms with Crippen molar-refractivity contribution in [2.45, 2.75) is 118 Å². The van der Waals surface area contributed by atoms with Crippen LogP contribution in [0.3, 0.4) is 0 Å². The van der Waals surface area contributed by atoms with Crippen molar-refractivity contribution >= 4 is 35.8 Å². The Morgan fingerprint density at radius 3 is 0.875 bits per heavy atom. The van der Waals surface area contributed by atoms with E-state index in [-0.39, 0.29) is 52.5 Å². The van der Waals surface area contributed by atoms with Gasteiger partial charge in [0.25, 0.3) is 0 Å². The molecule has 14 nitrogen and oxygen atoms in total. The van der Waals surface area contributed by atoms with Crippen LogP contribution in [0.5, 0.6) is 0 Å². The van der Waals surface area contributed by atoms with E-state index >= 15 is 0 Å². The van der Waals surface area contributed by atoms with Crippen LogP contribution in [0.1, 0.15) is 95.9 Å². The zero-order valence-corrected chi connectivity index (χ0v) is 31.0. The molecule has 0 unspecified atom stereocenters. The number of nitrogens with zero attached hydrogens (tertiary/aromatic N) is 2. The zero-order valence-electron chi connectivity index (χ0n) is 31.0. The Bertz CT molecular complexity index is 959. The van der Waals surface area contributed by atoms with Crippen molar-refractivity contribution in [3.05, 3.63) is 12.2 Å². The molecular weight excluding hydrogens is 628 g/mol. The second-order valence-corrected chi connectivity index (χ2v) is 15.1. The van der Waals surface area contributed by atoms with Crippen LogP contribution in [-0.4, -0.2) is 121 Å². The van der Waals surface area contributed by atoms with E-state index in [1.165, 1.54) is 0 Å². The Kier molecular flexibility index (Phi) is 18.6. The molecule has 0 spiro atoms. The molecular formula is C34H58N2O12. The third-order valence-corrected chi connectivity index (χ3v) is 5.17. The van der Waals surface area contributed by atoms with Gasteiger partial charge in [-0.25, -0.2) is 9.59 Å². The SMILES string of the molecule is CC(C)(C)OC(=O)CN(CCCOC(=O)/C=C/C(=O)OCCCN(CC(=O)OC(C)(C)C)CC(=O)OC(C)(C)C)CC(=O)OC(C)(C)C. The average Bonchev–Trinajstić information content (AvgIpc) is 2.83. The molecule has 0 aliphatic rings. The van der Waals surface area contributed by atoms with Gasteiger partial charge in [-0.1, -0.05) is 0 Å². The average molecular weight is 687 g/mol. The monoisotopic (exact) mass is 686 g/mol. The number of rotatable bonds is 18. The molecule has 0 aliphatic heterocycles. The van der Waals surface area contributed by atoms with E-state index in [0.29, 0.717) is 12.8 Å². The van der Waals surface area contributed by atoms with Gasteiger partial charge in [0.15, 0.2) is 0 Å². The Morgan fingerprint density at radius 1 is 0.438 bits per heavy atom. The van der Waals surface area contributed by atoms with Crippen LogP contribution in [0, 0.1) is 0 Å². The van der Waals surface area contributed by atoms with E-state index in [4.69, 9.17) is 28.4 Å². The van der Waals surface area contributed by atoms with Gasteiger partial charge < -0.3 is 28.4 Å². The number of carbonyl (C=O) groups excluding carboxylic acids is 6. The summed E-state index contributed by atoms with van der Waals surface area (Å²) < 4.78 is 31.6. The van der Waals surface area contributed by atoms with Crippen LogP contribution >= 0.6 is 0 Å². The molecule has 0 radical (unpaired) electrons. The third kappa shape index (κ3) is 27.6. The lowest BCUT2D eigenvalue weighted by atomic mass is 10.2. The van der Waals surface area contributed by atoms with Gasteiger partial charge in [0, 0.05) is 25.2 Å². The van der Waals surface area contributed by atoms with E-state index in [1.54, 1.807) is 92.9 Å². The summed E-state index contributed by atoms with van der Waals surface area (Å²) in [6, 6.07) is 0. The van der Waals surface area contributed by atoms with Crippen LogP contribution in [0.2, 0.25) is 0 Å². The van der Waals surface area contributed by atoms with Crippen molar-refractivity contribution in [2.24, 2.45) is 0 Å². The maximum atomic E-state index is 12.3. The number of esters is 6. The Labute approximate surface area is 285 Å². The van der Waals surface area contributed by atoms with Crippen molar-refractivity contribution in [1.29, 1.82) is 0 Å². The van der Waals surface area contributed by atoms with Crippen molar-refractivity contribution in [1.82, 2.24) is 9.80 Å². The largest absolute Gasteiger partial charge is 0.462 e. The smallest absolute Gasteiger partial charge is 0.331 e. The summed E-state index contributed by atoms with van der Waals surface area (Å²) in [4.78, 5) is 76.7. The minimum atomic E-state index is -0.779. The van der Waals surface area contributed by atoms with Crippen molar-refractivity contribution in [2.75, 3.05) is 52.5 Å². The second-order valence-electron chi connectivity index (χ2n) is 15.1. The summed E-state index contributed by atoms with van der Waals surface area (Å²) in [7, 11) is 0. The van der Waals surface area contributed by atoms with Crippen LogP contribution in [0.25, 0.3) is 0 Å². The second kappa shape index (κ2) is 20.1. The Hall–Kier alpha value is -3.52. The molecule has 0 bridgehead atoms. The molecule has 0 aliphatic carbocycles. The molecule has 0 N–H and O–H groups in total. The fraction of sp³-hybridized carbons (Fsp3) is 0.765. The van der Waals surface area contributed by atoms with Crippen LogP contribution < -0.4 is 0 Å². The highest BCUT2D eigenvalue weighted by molar-refractivity contribution is 5.91. The van der Waals surface area contributed by atoms with Crippen molar-refractivity contribution in [3.63, 3.8) is 0 Å². The molecule has 0 saturated heterocycles. The maximum Gasteiger partial charge on any atom is 0.331 e. The highest BCUT2D eigenvalue weighted by atomic mass is 16.6. The molecule has 0 aromatic rings. The molecule has 0 heterocycles. The molecule has 276 valence electrons. The Balaban J connectivity index is 4.82. The summed E-state index contributed by atoms with van der Waals surface area (Å²) >= 11 is 0. The molecule has 0 fully saturated rings. The number of carbonyl (C=O) groups is 6. The lowest BCUT2D eigenvalue weighted by molar-refractivity contribution is -0.162. The van der Waals surface area contributed by atoms with E-state index in [2.05, 4.69) is 0 Å². The highest BCUT2D eigenvalue weighted by Gasteiger charge is 2.25. The van der Waals surface area contributed by atoms with Gasteiger partial charge >= 0.3 is 35.8 Å². The topological polar surface area (TPSA) is 164 Å². The van der Waals surface area contributed by atoms with Gasteiger partial charge in [-0.3, -0.25) is 29.0 Å². The molecule has 0 rings (SSSR count). The summed E-state index contributed by atoms with van der Waals surface area (Å²) in [5, 5.41) is 0. The predicted molar refractivity (Wildman–Crippen MR) is 177 cm³/mol. The summed E-state index contributed by atoms with van der Waals surface area (Å²) in [6.45, 7) is 20.6. The van der Waals surface area contributed by atoms with Crippen molar-refractivity contribution < 1.29 is 57.2 Å². The molecule has 0 aromatic carbocycles. The van der Waals surface area contributed by atoms with Crippen molar-refractivity contribution in [3.8, 4) is 0 Å². The van der Waals surface area contributed by atoms with Gasteiger partial charge in [-0.2, -0.15) is 0 Å². The first-order chi connectivity index (χ1) is 21.7. The number of ether oxygens (including phenoxy) is 6. The summed E-state index contributed by atoms with van der Waals surface area (Å²) in [5.41, 5.74) is -2.77. The molecule has 0 aromatic heterocycles. The number of hydrogen-bond donors (Lipinski definition) is 0. The normalized spacial score (nSPS) is 12.5. The summed E-state index contributed by atoms with van der Waals surface area (Å²) in [6.07, 6.45) is 2.44. The van der Waals surface area contributed by atoms with E-state index in [9.17, 15) is 28.8 Å². The van der Waals surface area contributed by atoms with E-state index < -0.39 is 58.2 Å². The molecule has 14 heteroatoms. The van der Waals surface area contributed by atoms with Crippen LogP contribution in [-0.2, 0) is 57.2 Å². The molecule has 0 saturated carbocycles. The Morgan fingerprint density at radius 2 is 0.667 bits per heavy atom. The quantitative estimate of drug-likeness (QED) is 0.0892. The van der Waals surface area contributed by atoms with Crippen LogP contribution in [0.4, 0.5) is 0 Å². The first-order valence-corrected chi connectivity index (χ1v) is 16.1. The van der Waals surface area contributed by atoms with Gasteiger partial charge in [0.2, 0.25) is 0 Å². The lowest BCUT2D eigenvalue weighted by Crippen LogP contribution is -2.40. The molecule has 0 atom stereocenters. The first kappa shape index (κ1) is 44.5. The minimum Gasteiger partial charge on any atom is -0.462 e. The van der Waals surface area contributed by atoms with E-state index in [0.717, 1.165) is 12.2 Å². The van der Waals surface area contributed by atoms with Crippen LogP contribution in [0.15, 0.2) is 12.2 Å². The van der Waals surface area contributed by atoms with E-state index in [1.807, 2.05) is 0 Å². The fourth-order valence-electron chi connectivity index (χ4n) is 3.81. The molecule has 0 amide bonds. The fourth-order valence-corrected chi connectivity index (χ4v) is 3.81.